The van der Waals surface area contributed by atoms with E-state index in [0.29, 0.717) is 0 Å². The first-order chi connectivity index (χ1) is 10.9. The highest BCUT2D eigenvalue weighted by atomic mass is 16.2. The lowest BCUT2D eigenvalue weighted by atomic mass is 9.87. The topological polar surface area (TPSA) is 53.5 Å². The van der Waals surface area contributed by atoms with Crippen molar-refractivity contribution < 1.29 is 4.79 Å². The molecule has 0 aliphatic heterocycles. The highest BCUT2D eigenvalue weighted by Crippen LogP contribution is 2.21. The summed E-state index contributed by atoms with van der Waals surface area (Å²) >= 11 is 0. The maximum absolute atomic E-state index is 11.8. The zero-order valence-corrected chi connectivity index (χ0v) is 14.1. The van der Waals surface area contributed by atoms with Crippen molar-refractivity contribution in [1.82, 2.24) is 5.43 Å². The van der Waals surface area contributed by atoms with Gasteiger partial charge in [-0.2, -0.15) is 5.10 Å². The van der Waals surface area contributed by atoms with Gasteiger partial charge in [0.1, 0.15) is 0 Å². The van der Waals surface area contributed by atoms with Gasteiger partial charge in [0.25, 0.3) is 0 Å². The van der Waals surface area contributed by atoms with E-state index in [1.54, 1.807) is 6.21 Å². The van der Waals surface area contributed by atoms with Gasteiger partial charge < -0.3 is 5.32 Å². The predicted molar refractivity (Wildman–Crippen MR) is 96.1 cm³/mol. The fourth-order valence-electron chi connectivity index (χ4n) is 2.10. The van der Waals surface area contributed by atoms with Crippen LogP contribution >= 0.6 is 0 Å². The van der Waals surface area contributed by atoms with Crippen LogP contribution in [0.5, 0.6) is 0 Å². The van der Waals surface area contributed by atoms with Crippen LogP contribution in [-0.4, -0.2) is 12.2 Å². The molecule has 2 rings (SSSR count). The van der Waals surface area contributed by atoms with Gasteiger partial charge in [0, 0.05) is 5.69 Å². The molecule has 2 aromatic rings. The van der Waals surface area contributed by atoms with E-state index in [4.69, 9.17) is 0 Å². The molecule has 120 valence electrons. The minimum Gasteiger partial charge on any atom is -0.306 e. The lowest BCUT2D eigenvalue weighted by Crippen LogP contribution is -2.24. The minimum atomic E-state index is -0.359. The monoisotopic (exact) mass is 309 g/mol. The molecule has 0 radical (unpaired) electrons. The summed E-state index contributed by atoms with van der Waals surface area (Å²) in [7, 11) is 0. The molecule has 0 aliphatic rings. The molecule has 0 aromatic heterocycles. The van der Waals surface area contributed by atoms with Gasteiger partial charge in [-0.1, -0.05) is 63.2 Å². The molecule has 2 aromatic carbocycles. The van der Waals surface area contributed by atoms with E-state index in [9.17, 15) is 4.79 Å². The number of nitrogens with zero attached hydrogens (tertiary/aromatic N) is 1. The number of amides is 2. The van der Waals surface area contributed by atoms with Crippen molar-refractivity contribution in [2.24, 2.45) is 5.10 Å². The molecule has 0 fully saturated rings. The summed E-state index contributed by atoms with van der Waals surface area (Å²) in [6, 6.07) is 15.4. The Kier molecular flexibility index (Phi) is 5.16. The molecule has 0 atom stereocenters. The van der Waals surface area contributed by atoms with Crippen molar-refractivity contribution in [3.8, 4) is 0 Å². The van der Waals surface area contributed by atoms with Gasteiger partial charge in [0.15, 0.2) is 0 Å². The van der Waals surface area contributed by atoms with Crippen LogP contribution in [0.25, 0.3) is 0 Å². The van der Waals surface area contributed by atoms with Gasteiger partial charge in [-0.25, -0.2) is 10.2 Å². The second kappa shape index (κ2) is 7.09. The Morgan fingerprint density at radius 1 is 1.04 bits per heavy atom. The van der Waals surface area contributed by atoms with Crippen LogP contribution in [-0.2, 0) is 5.41 Å². The van der Waals surface area contributed by atoms with E-state index >= 15 is 0 Å². The summed E-state index contributed by atoms with van der Waals surface area (Å²) in [6.45, 7) is 8.46. The zero-order valence-electron chi connectivity index (χ0n) is 14.1. The Bertz CT molecular complexity index is 697. The molecule has 4 nitrogen and oxygen atoms in total. The van der Waals surface area contributed by atoms with Crippen LogP contribution in [0.2, 0.25) is 0 Å². The number of carbonyl (C=O) groups excluding carboxylic acids is 1. The average Bonchev–Trinajstić information content (AvgIpc) is 2.49. The fraction of sp³-hybridized carbons (Fsp3) is 0.263. The van der Waals surface area contributed by atoms with Crippen LogP contribution in [0.3, 0.4) is 0 Å². The Labute approximate surface area is 137 Å². The summed E-state index contributed by atoms with van der Waals surface area (Å²) in [5, 5.41) is 6.73. The first kappa shape index (κ1) is 16.7. The van der Waals surface area contributed by atoms with Gasteiger partial charge in [-0.05, 0) is 35.1 Å². The summed E-state index contributed by atoms with van der Waals surface area (Å²) < 4.78 is 0. The zero-order chi connectivity index (χ0) is 16.9. The number of para-hydroxylation sites is 1. The van der Waals surface area contributed by atoms with Crippen LogP contribution < -0.4 is 10.7 Å². The van der Waals surface area contributed by atoms with E-state index in [2.05, 4.69) is 48.7 Å². The van der Waals surface area contributed by atoms with Crippen LogP contribution in [0.1, 0.15) is 37.5 Å². The van der Waals surface area contributed by atoms with Crippen LogP contribution in [0.4, 0.5) is 10.5 Å². The number of nitrogens with one attached hydrogen (secondary N) is 2. The maximum Gasteiger partial charge on any atom is 0.339 e. The molecule has 2 N–H and O–H groups in total. The number of carbonyl (C=O) groups is 1. The van der Waals surface area contributed by atoms with Gasteiger partial charge in [0.05, 0.1) is 6.21 Å². The molecule has 0 saturated carbocycles. The van der Waals surface area contributed by atoms with E-state index in [0.717, 1.165) is 16.8 Å². The molecule has 0 aliphatic carbocycles. The molecular weight excluding hydrogens is 286 g/mol. The number of aryl methyl sites for hydroxylation is 1. The van der Waals surface area contributed by atoms with Crippen molar-refractivity contribution >= 4 is 17.9 Å². The van der Waals surface area contributed by atoms with E-state index in [1.165, 1.54) is 5.56 Å². The second-order valence-corrected chi connectivity index (χ2v) is 6.51. The summed E-state index contributed by atoms with van der Waals surface area (Å²) in [6.07, 6.45) is 1.63. The Balaban J connectivity index is 1.91. The fourth-order valence-corrected chi connectivity index (χ4v) is 2.10. The van der Waals surface area contributed by atoms with Gasteiger partial charge in [-0.15, -0.1) is 0 Å². The molecular formula is C19H23N3O. The molecule has 23 heavy (non-hydrogen) atoms. The SMILES string of the molecule is Cc1ccccc1NC(=O)NN=Cc1ccc(C(C)(C)C)cc1. The molecule has 0 unspecified atom stereocenters. The summed E-state index contributed by atoms with van der Waals surface area (Å²) in [5.41, 5.74) is 6.58. The molecule has 2 amide bonds. The van der Waals surface area contributed by atoms with Crippen molar-refractivity contribution in [1.29, 1.82) is 0 Å². The van der Waals surface area contributed by atoms with Gasteiger partial charge in [-0.3, -0.25) is 0 Å². The number of hydrazone groups is 1. The molecule has 0 heterocycles. The summed E-state index contributed by atoms with van der Waals surface area (Å²) in [5.74, 6) is 0. The predicted octanol–water partition coefficient (Wildman–Crippen LogP) is 4.45. The quantitative estimate of drug-likeness (QED) is 0.639. The number of anilines is 1. The average molecular weight is 309 g/mol. The lowest BCUT2D eigenvalue weighted by Gasteiger charge is -2.18. The number of urea groups is 1. The molecule has 0 bridgehead atoms. The van der Waals surface area contributed by atoms with E-state index in [1.807, 2.05) is 43.3 Å². The van der Waals surface area contributed by atoms with E-state index in [-0.39, 0.29) is 11.4 Å². The third-order valence-corrected chi connectivity index (χ3v) is 3.55. The first-order valence-electron chi connectivity index (χ1n) is 7.62. The van der Waals surface area contributed by atoms with Gasteiger partial charge >= 0.3 is 6.03 Å². The Morgan fingerprint density at radius 3 is 2.30 bits per heavy atom. The van der Waals surface area contributed by atoms with E-state index < -0.39 is 0 Å². The maximum atomic E-state index is 11.8. The smallest absolute Gasteiger partial charge is 0.306 e. The molecule has 0 saturated heterocycles. The highest BCUT2D eigenvalue weighted by molar-refractivity contribution is 5.91. The Morgan fingerprint density at radius 2 is 1.70 bits per heavy atom. The Hall–Kier alpha value is -2.62. The lowest BCUT2D eigenvalue weighted by molar-refractivity contribution is 0.252. The van der Waals surface area contributed by atoms with Crippen molar-refractivity contribution in [2.45, 2.75) is 33.1 Å². The number of hydrogen-bond acceptors (Lipinski definition) is 2. The first-order valence-corrected chi connectivity index (χ1v) is 7.62. The minimum absolute atomic E-state index is 0.126. The highest BCUT2D eigenvalue weighted by Gasteiger charge is 2.12. The van der Waals surface area contributed by atoms with Crippen molar-refractivity contribution in [3.05, 3.63) is 65.2 Å². The van der Waals surface area contributed by atoms with Crippen LogP contribution in [0.15, 0.2) is 53.6 Å². The molecule has 0 spiro atoms. The van der Waals surface area contributed by atoms with Gasteiger partial charge in [0.2, 0.25) is 0 Å². The third kappa shape index (κ3) is 4.95. The molecule has 4 heteroatoms. The number of rotatable bonds is 3. The second-order valence-electron chi connectivity index (χ2n) is 6.51. The number of benzene rings is 2. The largest absolute Gasteiger partial charge is 0.339 e. The third-order valence-electron chi connectivity index (χ3n) is 3.55. The van der Waals surface area contributed by atoms with Crippen molar-refractivity contribution in [2.75, 3.05) is 5.32 Å². The van der Waals surface area contributed by atoms with Crippen molar-refractivity contribution in [3.63, 3.8) is 0 Å². The standard InChI is InChI=1S/C19H23N3O/c1-14-7-5-6-8-17(14)21-18(23)22-20-13-15-9-11-16(12-10-15)19(2,3)4/h5-13H,1-4H3,(H2,21,22,23). The number of hydrogen-bond donors (Lipinski definition) is 2. The van der Waals surface area contributed by atoms with Crippen LogP contribution in [0, 0.1) is 6.92 Å². The summed E-state index contributed by atoms with van der Waals surface area (Å²) in [4.78, 5) is 11.8. The normalized spacial score (nSPS) is 11.5.